The van der Waals surface area contributed by atoms with Crippen LogP contribution in [0.5, 0.6) is 0 Å². The molecular formula is C18H20Cl2N2O3S. The molecule has 0 unspecified atom stereocenters. The number of hydrogen-bond donors (Lipinski definition) is 1. The van der Waals surface area contributed by atoms with E-state index in [0.29, 0.717) is 11.4 Å². The summed E-state index contributed by atoms with van der Waals surface area (Å²) in [6, 6.07) is 13.8. The Labute approximate surface area is 164 Å². The molecule has 0 saturated heterocycles. The van der Waals surface area contributed by atoms with Gasteiger partial charge in [-0.15, -0.1) is 0 Å². The average Bonchev–Trinajstić information content (AvgIpc) is 2.59. The maximum absolute atomic E-state index is 12.5. The molecule has 140 valence electrons. The summed E-state index contributed by atoms with van der Waals surface area (Å²) >= 11 is 12.1. The van der Waals surface area contributed by atoms with Crippen molar-refractivity contribution in [3.05, 3.63) is 64.1 Å². The number of hydrogen-bond acceptors (Lipinski definition) is 3. The fourth-order valence-electron chi connectivity index (χ4n) is 2.53. The van der Waals surface area contributed by atoms with E-state index in [1.807, 2.05) is 37.3 Å². The first-order valence-electron chi connectivity index (χ1n) is 7.99. The van der Waals surface area contributed by atoms with Gasteiger partial charge in [0.15, 0.2) is 0 Å². The summed E-state index contributed by atoms with van der Waals surface area (Å²) in [5.74, 6) is -0.429. The smallest absolute Gasteiger partial charge is 0.241 e. The second kappa shape index (κ2) is 8.75. The maximum Gasteiger partial charge on any atom is 0.241 e. The van der Waals surface area contributed by atoms with Gasteiger partial charge in [-0.2, -0.15) is 0 Å². The number of carbonyl (C=O) groups excluding carboxylic acids is 1. The van der Waals surface area contributed by atoms with Gasteiger partial charge in [0.2, 0.25) is 15.9 Å². The molecule has 2 aromatic carbocycles. The van der Waals surface area contributed by atoms with Gasteiger partial charge in [-0.05, 0) is 30.2 Å². The lowest BCUT2D eigenvalue weighted by Crippen LogP contribution is -2.41. The van der Waals surface area contributed by atoms with Crippen molar-refractivity contribution < 1.29 is 13.2 Å². The molecule has 1 amide bonds. The Morgan fingerprint density at radius 3 is 2.38 bits per heavy atom. The summed E-state index contributed by atoms with van der Waals surface area (Å²) in [4.78, 5) is 12.5. The Balaban J connectivity index is 2.23. The Morgan fingerprint density at radius 1 is 1.15 bits per heavy atom. The molecule has 0 fully saturated rings. The zero-order valence-electron chi connectivity index (χ0n) is 14.4. The van der Waals surface area contributed by atoms with E-state index in [1.165, 1.54) is 12.1 Å². The van der Waals surface area contributed by atoms with Crippen LogP contribution in [-0.4, -0.2) is 27.1 Å². The first-order valence-corrected chi connectivity index (χ1v) is 10.6. The summed E-state index contributed by atoms with van der Waals surface area (Å²) in [6.45, 7) is 1.56. The molecule has 2 aromatic rings. The fourth-order valence-corrected chi connectivity index (χ4v) is 3.83. The molecule has 0 bridgehead atoms. The third-order valence-electron chi connectivity index (χ3n) is 3.81. The van der Waals surface area contributed by atoms with Crippen molar-refractivity contribution in [2.45, 2.75) is 19.4 Å². The van der Waals surface area contributed by atoms with Gasteiger partial charge in [0.25, 0.3) is 0 Å². The highest BCUT2D eigenvalue weighted by molar-refractivity contribution is 7.92. The number of nitrogens with one attached hydrogen (secondary N) is 1. The minimum absolute atomic E-state index is 0.171. The van der Waals surface area contributed by atoms with Crippen molar-refractivity contribution in [2.75, 3.05) is 17.1 Å². The summed E-state index contributed by atoms with van der Waals surface area (Å²) in [6.07, 6.45) is 1.69. The van der Waals surface area contributed by atoms with Crippen molar-refractivity contribution in [2.24, 2.45) is 0 Å². The van der Waals surface area contributed by atoms with Crippen LogP contribution < -0.4 is 9.62 Å². The highest BCUT2D eigenvalue weighted by atomic mass is 35.5. The average molecular weight is 415 g/mol. The molecule has 1 N–H and O–H groups in total. The van der Waals surface area contributed by atoms with Crippen LogP contribution in [0.25, 0.3) is 0 Å². The van der Waals surface area contributed by atoms with E-state index in [0.717, 1.165) is 16.1 Å². The molecule has 0 spiro atoms. The van der Waals surface area contributed by atoms with Crippen molar-refractivity contribution >= 4 is 44.8 Å². The van der Waals surface area contributed by atoms with E-state index < -0.39 is 15.9 Å². The van der Waals surface area contributed by atoms with Crippen LogP contribution in [0.4, 0.5) is 5.69 Å². The van der Waals surface area contributed by atoms with Gasteiger partial charge in [-0.3, -0.25) is 9.10 Å². The van der Waals surface area contributed by atoms with Crippen molar-refractivity contribution in [3.63, 3.8) is 0 Å². The second-order valence-corrected chi connectivity index (χ2v) is 8.55. The lowest BCUT2D eigenvalue weighted by atomic mass is 10.0. The van der Waals surface area contributed by atoms with Gasteiger partial charge in [0.05, 0.1) is 23.0 Å². The molecule has 5 nitrogen and oxygen atoms in total. The highest BCUT2D eigenvalue weighted by Gasteiger charge is 2.24. The normalized spacial score (nSPS) is 12.5. The number of amides is 1. The number of rotatable bonds is 7. The quantitative estimate of drug-likeness (QED) is 0.743. The Bertz CT molecular complexity index is 873. The third kappa shape index (κ3) is 5.37. The van der Waals surface area contributed by atoms with Crippen molar-refractivity contribution in [1.82, 2.24) is 5.32 Å². The third-order valence-corrected chi connectivity index (χ3v) is 5.49. The molecule has 26 heavy (non-hydrogen) atoms. The predicted octanol–water partition coefficient (Wildman–Crippen LogP) is 4.03. The zero-order chi connectivity index (χ0) is 19.3. The van der Waals surface area contributed by atoms with E-state index >= 15 is 0 Å². The van der Waals surface area contributed by atoms with Gasteiger partial charge < -0.3 is 5.32 Å². The topological polar surface area (TPSA) is 66.5 Å². The van der Waals surface area contributed by atoms with E-state index in [9.17, 15) is 13.2 Å². The van der Waals surface area contributed by atoms with Crippen LogP contribution in [0.2, 0.25) is 10.0 Å². The number of nitrogens with zero attached hydrogens (tertiary/aromatic N) is 1. The first-order chi connectivity index (χ1) is 12.2. The first kappa shape index (κ1) is 20.6. The zero-order valence-corrected chi connectivity index (χ0v) is 16.8. The number of benzene rings is 2. The second-order valence-electron chi connectivity index (χ2n) is 5.80. The maximum atomic E-state index is 12.5. The molecule has 2 rings (SSSR count). The van der Waals surface area contributed by atoms with Crippen LogP contribution >= 0.6 is 23.2 Å². The molecular weight excluding hydrogens is 395 g/mol. The lowest BCUT2D eigenvalue weighted by Gasteiger charge is -2.25. The monoisotopic (exact) mass is 414 g/mol. The summed E-state index contributed by atoms with van der Waals surface area (Å²) in [5, 5.41) is 3.39. The Kier molecular flexibility index (Phi) is 6.92. The summed E-state index contributed by atoms with van der Waals surface area (Å²) in [7, 11) is -3.73. The summed E-state index contributed by atoms with van der Waals surface area (Å²) in [5.41, 5.74) is 1.12. The number of sulfonamides is 1. The van der Waals surface area contributed by atoms with Crippen LogP contribution in [0, 0.1) is 0 Å². The molecule has 0 aliphatic rings. The van der Waals surface area contributed by atoms with Gasteiger partial charge in [-0.1, -0.05) is 60.5 Å². The molecule has 1 atom stereocenters. The van der Waals surface area contributed by atoms with Gasteiger partial charge in [0, 0.05) is 5.02 Å². The van der Waals surface area contributed by atoms with E-state index in [1.54, 1.807) is 6.07 Å². The van der Waals surface area contributed by atoms with E-state index in [-0.39, 0.29) is 23.3 Å². The Morgan fingerprint density at radius 2 is 1.81 bits per heavy atom. The molecule has 0 aliphatic heterocycles. The SMILES string of the molecule is CC[C@H](NC(=O)CN(c1cc(Cl)ccc1Cl)S(C)(=O)=O)c1ccccc1. The summed E-state index contributed by atoms with van der Waals surface area (Å²) < 4.78 is 25.4. The standard InChI is InChI=1S/C18H20Cl2N2O3S/c1-3-16(13-7-5-4-6-8-13)21-18(23)12-22(26(2,24)25)17-11-14(19)9-10-15(17)20/h4-11,16H,3,12H2,1-2H3,(H,21,23)/t16-/m0/s1. The van der Waals surface area contributed by atoms with Crippen LogP contribution in [0.1, 0.15) is 24.9 Å². The Hall–Kier alpha value is -1.76. The lowest BCUT2D eigenvalue weighted by molar-refractivity contribution is -0.120. The number of halogens is 2. The fraction of sp³-hybridized carbons (Fsp3) is 0.278. The predicted molar refractivity (Wildman–Crippen MR) is 106 cm³/mol. The minimum Gasteiger partial charge on any atom is -0.348 e. The van der Waals surface area contributed by atoms with E-state index in [4.69, 9.17) is 23.2 Å². The van der Waals surface area contributed by atoms with E-state index in [2.05, 4.69) is 5.32 Å². The van der Waals surface area contributed by atoms with Crippen LogP contribution in [0.3, 0.4) is 0 Å². The number of carbonyl (C=O) groups is 1. The minimum atomic E-state index is -3.73. The molecule has 0 aromatic heterocycles. The molecule has 0 radical (unpaired) electrons. The molecule has 8 heteroatoms. The molecule has 0 saturated carbocycles. The molecule has 0 aliphatic carbocycles. The van der Waals surface area contributed by atoms with Crippen molar-refractivity contribution in [1.29, 1.82) is 0 Å². The van der Waals surface area contributed by atoms with Crippen LogP contribution in [0.15, 0.2) is 48.5 Å². The van der Waals surface area contributed by atoms with Crippen molar-refractivity contribution in [3.8, 4) is 0 Å². The van der Waals surface area contributed by atoms with Gasteiger partial charge >= 0.3 is 0 Å². The van der Waals surface area contributed by atoms with Crippen LogP contribution in [-0.2, 0) is 14.8 Å². The van der Waals surface area contributed by atoms with Gasteiger partial charge in [-0.25, -0.2) is 8.42 Å². The molecule has 0 heterocycles. The highest BCUT2D eigenvalue weighted by Crippen LogP contribution is 2.30. The number of anilines is 1. The largest absolute Gasteiger partial charge is 0.348 e. The van der Waals surface area contributed by atoms with Gasteiger partial charge in [0.1, 0.15) is 6.54 Å².